The van der Waals surface area contributed by atoms with Gasteiger partial charge in [0.25, 0.3) is 0 Å². The Bertz CT molecular complexity index is 504. The Morgan fingerprint density at radius 3 is 2.68 bits per heavy atom. The van der Waals surface area contributed by atoms with E-state index < -0.39 is 0 Å². The molecule has 0 saturated heterocycles. The predicted molar refractivity (Wildman–Crippen MR) is 88.1 cm³/mol. The maximum atomic E-state index is 3.62. The number of thioether (sulfide) groups is 1. The molecule has 1 nitrogen and oxygen atoms in total. The molecule has 0 amide bonds. The standard InChI is InChI=1S/C17H23NS/c1-3-18-16(11-12-19-2)13-15-9-6-8-14-7-4-5-10-17(14)15/h4-10,16,18H,3,11-13H2,1-2H3. The molecule has 0 bridgehead atoms. The first-order valence-electron chi connectivity index (χ1n) is 7.04. The van der Waals surface area contributed by atoms with Crippen LogP contribution in [-0.2, 0) is 6.42 Å². The summed E-state index contributed by atoms with van der Waals surface area (Å²) in [5, 5.41) is 6.36. The van der Waals surface area contributed by atoms with Gasteiger partial charge in [0, 0.05) is 6.04 Å². The van der Waals surface area contributed by atoms with Gasteiger partial charge in [-0.2, -0.15) is 11.8 Å². The van der Waals surface area contributed by atoms with Gasteiger partial charge >= 0.3 is 0 Å². The van der Waals surface area contributed by atoms with Crippen LogP contribution in [0.15, 0.2) is 42.5 Å². The van der Waals surface area contributed by atoms with Crippen molar-refractivity contribution in [1.82, 2.24) is 5.32 Å². The molecule has 2 aromatic rings. The van der Waals surface area contributed by atoms with E-state index in [4.69, 9.17) is 0 Å². The number of fused-ring (bicyclic) bond motifs is 1. The van der Waals surface area contributed by atoms with Crippen LogP contribution in [0, 0.1) is 0 Å². The Labute approximate surface area is 120 Å². The number of benzene rings is 2. The third-order valence-electron chi connectivity index (χ3n) is 3.51. The summed E-state index contributed by atoms with van der Waals surface area (Å²) in [5.41, 5.74) is 1.46. The highest BCUT2D eigenvalue weighted by Gasteiger charge is 2.09. The van der Waals surface area contributed by atoms with Gasteiger partial charge in [-0.1, -0.05) is 49.4 Å². The zero-order valence-corrected chi connectivity index (χ0v) is 12.7. The topological polar surface area (TPSA) is 12.0 Å². The van der Waals surface area contributed by atoms with Crippen LogP contribution in [0.25, 0.3) is 10.8 Å². The molecular formula is C17H23NS. The first kappa shape index (κ1) is 14.4. The molecule has 0 aliphatic rings. The van der Waals surface area contributed by atoms with Crippen molar-refractivity contribution in [3.8, 4) is 0 Å². The molecule has 102 valence electrons. The Kier molecular flexibility index (Phi) is 5.74. The van der Waals surface area contributed by atoms with Crippen LogP contribution in [0.5, 0.6) is 0 Å². The lowest BCUT2D eigenvalue weighted by Crippen LogP contribution is -2.31. The van der Waals surface area contributed by atoms with Crippen LogP contribution in [0.1, 0.15) is 18.9 Å². The maximum absolute atomic E-state index is 3.62. The molecule has 0 aromatic heterocycles. The predicted octanol–water partition coefficient (Wildman–Crippen LogP) is 4.11. The SMILES string of the molecule is CCNC(CCSC)Cc1cccc2ccccc12. The minimum Gasteiger partial charge on any atom is -0.314 e. The fourth-order valence-corrected chi connectivity index (χ4v) is 3.08. The lowest BCUT2D eigenvalue weighted by Gasteiger charge is -2.18. The summed E-state index contributed by atoms with van der Waals surface area (Å²) in [5.74, 6) is 1.22. The maximum Gasteiger partial charge on any atom is 0.0115 e. The van der Waals surface area contributed by atoms with Crippen LogP contribution in [0.4, 0.5) is 0 Å². The average molecular weight is 273 g/mol. The summed E-state index contributed by atoms with van der Waals surface area (Å²) in [4.78, 5) is 0. The minimum absolute atomic E-state index is 0.586. The quantitative estimate of drug-likeness (QED) is 0.814. The Morgan fingerprint density at radius 2 is 1.89 bits per heavy atom. The molecule has 2 heteroatoms. The summed E-state index contributed by atoms with van der Waals surface area (Å²) in [7, 11) is 0. The van der Waals surface area contributed by atoms with E-state index in [1.807, 2.05) is 11.8 Å². The fourth-order valence-electron chi connectivity index (χ4n) is 2.56. The smallest absolute Gasteiger partial charge is 0.0115 e. The number of rotatable bonds is 7. The van der Waals surface area contributed by atoms with Crippen molar-refractivity contribution < 1.29 is 0 Å². The second kappa shape index (κ2) is 7.56. The second-order valence-electron chi connectivity index (χ2n) is 4.88. The molecule has 1 N–H and O–H groups in total. The Morgan fingerprint density at radius 1 is 1.11 bits per heavy atom. The molecular weight excluding hydrogens is 250 g/mol. The molecule has 0 radical (unpaired) electrons. The van der Waals surface area contributed by atoms with Crippen molar-refractivity contribution in [2.24, 2.45) is 0 Å². The zero-order chi connectivity index (χ0) is 13.5. The fraction of sp³-hybridized carbons (Fsp3) is 0.412. The van der Waals surface area contributed by atoms with Gasteiger partial charge in [-0.25, -0.2) is 0 Å². The second-order valence-corrected chi connectivity index (χ2v) is 5.86. The first-order valence-corrected chi connectivity index (χ1v) is 8.43. The number of hydrogen-bond donors (Lipinski definition) is 1. The molecule has 2 rings (SSSR count). The molecule has 0 fully saturated rings. The molecule has 0 aliphatic heterocycles. The van der Waals surface area contributed by atoms with Gasteiger partial charge < -0.3 is 5.32 Å². The summed E-state index contributed by atoms with van der Waals surface area (Å²) < 4.78 is 0. The van der Waals surface area contributed by atoms with Crippen LogP contribution >= 0.6 is 11.8 Å². The first-order chi connectivity index (χ1) is 9.35. The van der Waals surface area contributed by atoms with Crippen LogP contribution in [0.2, 0.25) is 0 Å². The van der Waals surface area contributed by atoms with Gasteiger partial charge in [-0.15, -0.1) is 0 Å². The van der Waals surface area contributed by atoms with E-state index in [1.165, 1.54) is 28.5 Å². The molecule has 0 aliphatic carbocycles. The molecule has 0 saturated carbocycles. The van der Waals surface area contributed by atoms with Gasteiger partial charge in [0.1, 0.15) is 0 Å². The highest BCUT2D eigenvalue weighted by atomic mass is 32.2. The zero-order valence-electron chi connectivity index (χ0n) is 11.9. The minimum atomic E-state index is 0.586. The van der Waals surface area contributed by atoms with Crippen molar-refractivity contribution in [2.45, 2.75) is 25.8 Å². The van der Waals surface area contributed by atoms with E-state index >= 15 is 0 Å². The number of nitrogens with one attached hydrogen (secondary N) is 1. The van der Waals surface area contributed by atoms with Gasteiger partial charge in [0.2, 0.25) is 0 Å². The summed E-state index contributed by atoms with van der Waals surface area (Å²) >= 11 is 1.93. The monoisotopic (exact) mass is 273 g/mol. The third kappa shape index (κ3) is 3.99. The highest BCUT2D eigenvalue weighted by Crippen LogP contribution is 2.20. The molecule has 1 atom stereocenters. The van der Waals surface area contributed by atoms with Crippen LogP contribution in [0.3, 0.4) is 0 Å². The average Bonchev–Trinajstić information content (AvgIpc) is 2.45. The molecule has 0 spiro atoms. The molecule has 2 aromatic carbocycles. The summed E-state index contributed by atoms with van der Waals surface area (Å²) in [6.07, 6.45) is 4.54. The Balaban J connectivity index is 2.18. The van der Waals surface area contributed by atoms with E-state index in [2.05, 4.69) is 61.0 Å². The molecule has 19 heavy (non-hydrogen) atoms. The summed E-state index contributed by atoms with van der Waals surface area (Å²) in [6.45, 7) is 3.24. The highest BCUT2D eigenvalue weighted by molar-refractivity contribution is 7.98. The van der Waals surface area contributed by atoms with Crippen molar-refractivity contribution in [1.29, 1.82) is 0 Å². The van der Waals surface area contributed by atoms with Gasteiger partial charge in [0.05, 0.1) is 0 Å². The Hall–Kier alpha value is -0.990. The van der Waals surface area contributed by atoms with E-state index in [-0.39, 0.29) is 0 Å². The number of likely N-dealkylation sites (N-methyl/N-ethyl adjacent to an activating group) is 1. The summed E-state index contributed by atoms with van der Waals surface area (Å²) in [6, 6.07) is 15.9. The van der Waals surface area contributed by atoms with Gasteiger partial charge in [-0.05, 0) is 47.7 Å². The number of hydrogen-bond acceptors (Lipinski definition) is 2. The van der Waals surface area contributed by atoms with Gasteiger partial charge in [0.15, 0.2) is 0 Å². The van der Waals surface area contributed by atoms with Crippen molar-refractivity contribution in [3.05, 3.63) is 48.0 Å². The van der Waals surface area contributed by atoms with Crippen molar-refractivity contribution in [3.63, 3.8) is 0 Å². The van der Waals surface area contributed by atoms with Crippen molar-refractivity contribution in [2.75, 3.05) is 18.6 Å². The largest absolute Gasteiger partial charge is 0.314 e. The third-order valence-corrected chi connectivity index (χ3v) is 4.15. The van der Waals surface area contributed by atoms with E-state index in [9.17, 15) is 0 Å². The van der Waals surface area contributed by atoms with E-state index in [1.54, 1.807) is 0 Å². The van der Waals surface area contributed by atoms with Gasteiger partial charge in [-0.3, -0.25) is 0 Å². The lowest BCUT2D eigenvalue weighted by atomic mass is 9.98. The van der Waals surface area contributed by atoms with Crippen molar-refractivity contribution >= 4 is 22.5 Å². The molecule has 1 unspecified atom stereocenters. The normalized spacial score (nSPS) is 12.7. The molecule has 0 heterocycles. The lowest BCUT2D eigenvalue weighted by molar-refractivity contribution is 0.515. The van der Waals surface area contributed by atoms with E-state index in [0.717, 1.165) is 13.0 Å². The van der Waals surface area contributed by atoms with Crippen LogP contribution < -0.4 is 5.32 Å². The van der Waals surface area contributed by atoms with Crippen LogP contribution in [-0.4, -0.2) is 24.6 Å². The van der Waals surface area contributed by atoms with E-state index in [0.29, 0.717) is 6.04 Å².